The number of hydrogen-bond acceptors (Lipinski definition) is 3. The monoisotopic (exact) mass is 397 g/mol. The highest BCUT2D eigenvalue weighted by molar-refractivity contribution is 14.1. The van der Waals surface area contributed by atoms with Crippen molar-refractivity contribution in [1.29, 1.82) is 0 Å². The molecule has 2 unspecified atom stereocenters. The molecule has 0 radical (unpaired) electrons. The molecular weight excluding hydrogens is 377 g/mol. The highest BCUT2D eigenvalue weighted by Gasteiger charge is 2.46. The van der Waals surface area contributed by atoms with Crippen LogP contribution >= 0.6 is 22.6 Å². The third-order valence-electron chi connectivity index (χ3n) is 4.77. The predicted octanol–water partition coefficient (Wildman–Crippen LogP) is 2.86. The molecule has 2 aliphatic rings. The minimum absolute atomic E-state index is 0.134. The van der Waals surface area contributed by atoms with E-state index in [4.69, 9.17) is 0 Å². The molecule has 2 bridgehead atoms. The van der Waals surface area contributed by atoms with Crippen LogP contribution in [0.25, 0.3) is 5.57 Å². The zero-order chi connectivity index (χ0) is 15.1. The van der Waals surface area contributed by atoms with Gasteiger partial charge in [-0.3, -0.25) is 9.69 Å². The fourth-order valence-electron chi connectivity index (χ4n) is 3.67. The Bertz CT molecular complexity index is 593. The number of nitrogens with zero attached hydrogens (tertiary/aromatic N) is 1. The molecule has 3 rings (SSSR count). The Morgan fingerprint density at radius 1 is 1.38 bits per heavy atom. The van der Waals surface area contributed by atoms with Gasteiger partial charge in [0.15, 0.2) is 5.78 Å². The molecule has 0 aromatic heterocycles. The van der Waals surface area contributed by atoms with Crippen molar-refractivity contribution in [3.63, 3.8) is 0 Å². The average Bonchev–Trinajstić information content (AvgIpc) is 2.66. The number of carbonyl (C=O) groups is 1. The van der Waals surface area contributed by atoms with E-state index in [1.165, 1.54) is 3.57 Å². The van der Waals surface area contributed by atoms with E-state index in [2.05, 4.69) is 51.8 Å². The minimum Gasteiger partial charge on any atom is -0.391 e. The Balaban J connectivity index is 2.13. The number of aliphatic hydroxyl groups is 1. The number of halogens is 1. The van der Waals surface area contributed by atoms with Crippen LogP contribution < -0.4 is 0 Å². The maximum absolute atomic E-state index is 12.5. The molecule has 2 aliphatic heterocycles. The molecular formula is C17H20INO2. The van der Waals surface area contributed by atoms with Gasteiger partial charge in [0.05, 0.1) is 12.1 Å². The number of carbonyl (C=O) groups excluding carboxylic acids is 1. The fourth-order valence-corrected chi connectivity index (χ4v) is 4.03. The maximum atomic E-state index is 12.5. The normalized spacial score (nSPS) is 29.0. The van der Waals surface area contributed by atoms with Crippen LogP contribution in [0.15, 0.2) is 29.8 Å². The van der Waals surface area contributed by atoms with Crippen molar-refractivity contribution in [2.75, 3.05) is 7.05 Å². The van der Waals surface area contributed by atoms with E-state index in [-0.39, 0.29) is 11.8 Å². The third kappa shape index (κ3) is 2.58. The van der Waals surface area contributed by atoms with Crippen molar-refractivity contribution in [2.24, 2.45) is 0 Å². The van der Waals surface area contributed by atoms with Crippen LogP contribution in [0.5, 0.6) is 0 Å². The second-order valence-corrected chi connectivity index (χ2v) is 7.19. The Hall–Kier alpha value is -0.720. The molecule has 0 amide bonds. The van der Waals surface area contributed by atoms with Gasteiger partial charge >= 0.3 is 0 Å². The summed E-state index contributed by atoms with van der Waals surface area (Å²) in [5.41, 5.74) is 3.11. The number of fused-ring (bicyclic) bond motifs is 2. The van der Waals surface area contributed by atoms with E-state index in [1.54, 1.807) is 0 Å². The summed E-state index contributed by atoms with van der Waals surface area (Å²) in [5, 5.41) is 10.4. The van der Waals surface area contributed by atoms with Gasteiger partial charge < -0.3 is 5.11 Å². The molecule has 0 spiro atoms. The second-order valence-electron chi connectivity index (χ2n) is 5.95. The van der Waals surface area contributed by atoms with Crippen LogP contribution in [0.2, 0.25) is 0 Å². The first-order valence-corrected chi connectivity index (χ1v) is 8.53. The van der Waals surface area contributed by atoms with Crippen molar-refractivity contribution in [2.45, 2.75) is 44.4 Å². The molecule has 112 valence electrons. The summed E-state index contributed by atoms with van der Waals surface area (Å²) in [5.74, 6) is 0.166. The zero-order valence-electron chi connectivity index (χ0n) is 12.3. The summed E-state index contributed by atoms with van der Waals surface area (Å²) in [6.45, 7) is 1.90. The molecule has 2 heterocycles. The molecule has 1 fully saturated rings. The molecule has 1 saturated heterocycles. The lowest BCUT2D eigenvalue weighted by Crippen LogP contribution is -2.43. The van der Waals surface area contributed by atoms with Crippen molar-refractivity contribution in [3.8, 4) is 0 Å². The molecule has 3 nitrogen and oxygen atoms in total. The number of benzene rings is 1. The number of likely N-dealkylation sites (N-methyl/N-ethyl adjacent to an activating group) is 1. The summed E-state index contributed by atoms with van der Waals surface area (Å²) >= 11 is 2.29. The maximum Gasteiger partial charge on any atom is 0.160 e. The minimum atomic E-state index is -0.424. The van der Waals surface area contributed by atoms with Crippen molar-refractivity contribution in [3.05, 3.63) is 39.0 Å². The standard InChI is InChI=1S/C17H20INO2/c1-3-14(20)16-13(10-4-6-11(18)7-5-10)8-12-9-15(21)17(16)19(12)2/h4-7,12,15,17,21H,3,8-9H2,1-2H3/t12?,15?,17-/m0/s1. The molecule has 1 aromatic rings. The van der Waals surface area contributed by atoms with E-state index in [0.29, 0.717) is 12.5 Å². The number of hydrogen-bond donors (Lipinski definition) is 1. The summed E-state index contributed by atoms with van der Waals surface area (Å²) in [6.07, 6.45) is 1.68. The zero-order valence-corrected chi connectivity index (χ0v) is 14.5. The molecule has 3 atom stereocenters. The number of ketones is 1. The number of rotatable bonds is 3. The van der Waals surface area contributed by atoms with Crippen molar-refractivity contribution in [1.82, 2.24) is 4.90 Å². The van der Waals surface area contributed by atoms with Gasteiger partial charge in [0.1, 0.15) is 0 Å². The van der Waals surface area contributed by atoms with Gasteiger partial charge in [-0.2, -0.15) is 0 Å². The smallest absolute Gasteiger partial charge is 0.160 e. The lowest BCUT2D eigenvalue weighted by atomic mass is 9.85. The van der Waals surface area contributed by atoms with Gasteiger partial charge in [0.2, 0.25) is 0 Å². The summed E-state index contributed by atoms with van der Waals surface area (Å²) in [7, 11) is 2.03. The molecule has 21 heavy (non-hydrogen) atoms. The van der Waals surface area contributed by atoms with Crippen LogP contribution in [-0.2, 0) is 4.79 Å². The van der Waals surface area contributed by atoms with E-state index in [1.807, 2.05) is 14.0 Å². The molecule has 1 aromatic carbocycles. The topological polar surface area (TPSA) is 40.5 Å². The van der Waals surface area contributed by atoms with Gasteiger partial charge in [0.25, 0.3) is 0 Å². The van der Waals surface area contributed by atoms with Crippen LogP contribution in [0.1, 0.15) is 31.7 Å². The first-order valence-electron chi connectivity index (χ1n) is 7.45. The van der Waals surface area contributed by atoms with E-state index in [9.17, 15) is 9.90 Å². The second kappa shape index (κ2) is 5.82. The van der Waals surface area contributed by atoms with E-state index < -0.39 is 6.10 Å². The average molecular weight is 397 g/mol. The van der Waals surface area contributed by atoms with Crippen molar-refractivity contribution < 1.29 is 9.90 Å². The van der Waals surface area contributed by atoms with Gasteiger partial charge in [-0.05, 0) is 65.7 Å². The Kier molecular flexibility index (Phi) is 4.21. The molecule has 4 heteroatoms. The SMILES string of the molecule is CCC(=O)C1=C(c2ccc(I)cc2)CC2CC(O)[C@@H]1N2C. The molecule has 0 aliphatic carbocycles. The summed E-state index contributed by atoms with van der Waals surface area (Å²) in [6, 6.07) is 8.55. The first-order chi connectivity index (χ1) is 10.0. The number of aliphatic hydroxyl groups excluding tert-OH is 1. The molecule has 0 saturated carbocycles. The quantitative estimate of drug-likeness (QED) is 0.798. The first kappa shape index (κ1) is 15.2. The lowest BCUT2D eigenvalue weighted by molar-refractivity contribution is -0.116. The Morgan fingerprint density at radius 3 is 2.67 bits per heavy atom. The van der Waals surface area contributed by atoms with E-state index >= 15 is 0 Å². The van der Waals surface area contributed by atoms with Crippen LogP contribution in [-0.4, -0.2) is 41.0 Å². The van der Waals surface area contributed by atoms with Crippen LogP contribution in [0.3, 0.4) is 0 Å². The molecule has 1 N–H and O–H groups in total. The van der Waals surface area contributed by atoms with E-state index in [0.717, 1.165) is 29.6 Å². The van der Waals surface area contributed by atoms with Crippen LogP contribution in [0.4, 0.5) is 0 Å². The van der Waals surface area contributed by atoms with Gasteiger partial charge in [-0.15, -0.1) is 0 Å². The van der Waals surface area contributed by atoms with Gasteiger partial charge in [0, 0.05) is 21.6 Å². The highest BCUT2D eigenvalue weighted by Crippen LogP contribution is 2.42. The fraction of sp³-hybridized carbons (Fsp3) is 0.471. The summed E-state index contributed by atoms with van der Waals surface area (Å²) < 4.78 is 1.19. The Morgan fingerprint density at radius 2 is 2.05 bits per heavy atom. The number of Topliss-reactive ketones (excluding diaryl/α,β-unsaturated/α-hetero) is 1. The van der Waals surface area contributed by atoms with Crippen molar-refractivity contribution >= 4 is 33.9 Å². The lowest BCUT2D eigenvalue weighted by Gasteiger charge is -2.35. The third-order valence-corrected chi connectivity index (χ3v) is 5.49. The summed E-state index contributed by atoms with van der Waals surface area (Å²) in [4.78, 5) is 14.7. The predicted molar refractivity (Wildman–Crippen MR) is 92.0 cm³/mol. The van der Waals surface area contributed by atoms with Crippen LogP contribution in [0, 0.1) is 3.57 Å². The Labute approximate surface area is 139 Å². The largest absolute Gasteiger partial charge is 0.391 e. The highest BCUT2D eigenvalue weighted by atomic mass is 127. The van der Waals surface area contributed by atoms with Gasteiger partial charge in [-0.25, -0.2) is 0 Å². The van der Waals surface area contributed by atoms with Gasteiger partial charge in [-0.1, -0.05) is 19.1 Å².